The third-order valence-corrected chi connectivity index (χ3v) is 6.31. The molecule has 5 nitrogen and oxygen atoms in total. The van der Waals surface area contributed by atoms with E-state index in [0.29, 0.717) is 23.7 Å². The second kappa shape index (κ2) is 11.5. The number of amides is 2. The van der Waals surface area contributed by atoms with Crippen molar-refractivity contribution in [2.45, 2.75) is 57.7 Å². The van der Waals surface area contributed by atoms with Crippen molar-refractivity contribution in [3.8, 4) is 5.75 Å². The molecule has 0 heterocycles. The maximum absolute atomic E-state index is 13.2. The van der Waals surface area contributed by atoms with Gasteiger partial charge in [-0.1, -0.05) is 59.4 Å². The molecule has 2 amide bonds. The molecule has 2 aromatic carbocycles. The van der Waals surface area contributed by atoms with Gasteiger partial charge in [0.2, 0.25) is 5.91 Å². The molecule has 1 atom stereocenters. The standard InChI is InChI=1S/C24H28BrClN2O3/c1-2-22(24(30)27-20-5-3-4-6-20)28(15-17-7-11-19(26)12-8-17)23(29)16-31-21-13-9-18(25)10-14-21/h7-14,20,22H,2-6,15-16H2,1H3,(H,27,30). The first-order valence-corrected chi connectivity index (χ1v) is 11.9. The molecule has 2 aromatic rings. The molecule has 3 rings (SSSR count). The predicted molar refractivity (Wildman–Crippen MR) is 126 cm³/mol. The van der Waals surface area contributed by atoms with Gasteiger partial charge in [0.05, 0.1) is 0 Å². The second-order valence-corrected chi connectivity index (χ2v) is 9.16. The van der Waals surface area contributed by atoms with Crippen LogP contribution in [0.2, 0.25) is 5.02 Å². The van der Waals surface area contributed by atoms with Gasteiger partial charge in [-0.15, -0.1) is 0 Å². The van der Waals surface area contributed by atoms with E-state index in [9.17, 15) is 9.59 Å². The highest BCUT2D eigenvalue weighted by Crippen LogP contribution is 2.20. The van der Waals surface area contributed by atoms with E-state index in [4.69, 9.17) is 16.3 Å². The van der Waals surface area contributed by atoms with E-state index in [0.717, 1.165) is 35.7 Å². The summed E-state index contributed by atoms with van der Waals surface area (Å²) in [5.41, 5.74) is 0.911. The molecule has 0 aliphatic heterocycles. The van der Waals surface area contributed by atoms with Crippen molar-refractivity contribution >= 4 is 39.3 Å². The summed E-state index contributed by atoms with van der Waals surface area (Å²) in [7, 11) is 0. The molecule has 0 bridgehead atoms. The zero-order valence-electron chi connectivity index (χ0n) is 17.7. The van der Waals surface area contributed by atoms with Gasteiger partial charge in [-0.05, 0) is 61.2 Å². The van der Waals surface area contributed by atoms with Crippen LogP contribution in [0.15, 0.2) is 53.0 Å². The Hall–Kier alpha value is -2.05. The Labute approximate surface area is 197 Å². The minimum absolute atomic E-state index is 0.0969. The lowest BCUT2D eigenvalue weighted by Gasteiger charge is -2.31. The smallest absolute Gasteiger partial charge is 0.261 e. The molecule has 1 unspecified atom stereocenters. The van der Waals surface area contributed by atoms with Crippen LogP contribution >= 0.6 is 27.5 Å². The number of carbonyl (C=O) groups excluding carboxylic acids is 2. The monoisotopic (exact) mass is 506 g/mol. The fraction of sp³-hybridized carbons (Fsp3) is 0.417. The quantitative estimate of drug-likeness (QED) is 0.498. The molecule has 0 aromatic heterocycles. The average molecular weight is 508 g/mol. The average Bonchev–Trinajstić information content (AvgIpc) is 3.27. The summed E-state index contributed by atoms with van der Waals surface area (Å²) in [4.78, 5) is 27.9. The number of hydrogen-bond acceptors (Lipinski definition) is 3. The number of carbonyl (C=O) groups is 2. The summed E-state index contributed by atoms with van der Waals surface area (Å²) in [6.07, 6.45) is 4.79. The van der Waals surface area contributed by atoms with Gasteiger partial charge in [0.15, 0.2) is 6.61 Å². The Morgan fingerprint density at radius 3 is 2.39 bits per heavy atom. The Morgan fingerprint density at radius 2 is 1.77 bits per heavy atom. The maximum atomic E-state index is 13.2. The first-order chi connectivity index (χ1) is 15.0. The lowest BCUT2D eigenvalue weighted by atomic mass is 10.1. The van der Waals surface area contributed by atoms with E-state index in [1.54, 1.807) is 29.2 Å². The van der Waals surface area contributed by atoms with Crippen LogP contribution in [-0.4, -0.2) is 35.4 Å². The number of halogens is 2. The minimum atomic E-state index is -0.558. The first kappa shape index (κ1) is 23.6. The van der Waals surface area contributed by atoms with Crippen molar-refractivity contribution in [1.29, 1.82) is 0 Å². The van der Waals surface area contributed by atoms with Crippen molar-refractivity contribution in [2.24, 2.45) is 0 Å². The molecule has 1 fully saturated rings. The Bertz CT molecular complexity index is 867. The van der Waals surface area contributed by atoms with Gasteiger partial charge in [-0.3, -0.25) is 9.59 Å². The number of nitrogens with one attached hydrogen (secondary N) is 1. The van der Waals surface area contributed by atoms with Gasteiger partial charge in [-0.2, -0.15) is 0 Å². The molecular formula is C24H28BrClN2O3. The molecule has 1 saturated carbocycles. The third kappa shape index (κ3) is 6.97. The van der Waals surface area contributed by atoms with Crippen molar-refractivity contribution in [2.75, 3.05) is 6.61 Å². The fourth-order valence-electron chi connectivity index (χ4n) is 3.83. The topological polar surface area (TPSA) is 58.6 Å². The zero-order chi connectivity index (χ0) is 22.2. The molecule has 0 spiro atoms. The van der Waals surface area contributed by atoms with Crippen LogP contribution in [0.3, 0.4) is 0 Å². The lowest BCUT2D eigenvalue weighted by molar-refractivity contribution is -0.143. The van der Waals surface area contributed by atoms with E-state index in [2.05, 4.69) is 21.2 Å². The van der Waals surface area contributed by atoms with Crippen molar-refractivity contribution in [3.63, 3.8) is 0 Å². The summed E-state index contributed by atoms with van der Waals surface area (Å²) in [6.45, 7) is 2.11. The van der Waals surface area contributed by atoms with Crippen molar-refractivity contribution in [1.82, 2.24) is 10.2 Å². The predicted octanol–water partition coefficient (Wildman–Crippen LogP) is 5.35. The van der Waals surface area contributed by atoms with Crippen molar-refractivity contribution in [3.05, 3.63) is 63.6 Å². The van der Waals surface area contributed by atoms with Crippen molar-refractivity contribution < 1.29 is 14.3 Å². The van der Waals surface area contributed by atoms with Crippen LogP contribution in [0, 0.1) is 0 Å². The van der Waals surface area contributed by atoms with Crippen LogP contribution < -0.4 is 10.1 Å². The molecule has 7 heteroatoms. The summed E-state index contributed by atoms with van der Waals surface area (Å²) < 4.78 is 6.64. The van der Waals surface area contributed by atoms with Crippen LogP contribution in [0.4, 0.5) is 0 Å². The largest absolute Gasteiger partial charge is 0.484 e. The Kier molecular flexibility index (Phi) is 8.79. The van der Waals surface area contributed by atoms with E-state index >= 15 is 0 Å². The number of hydrogen-bond donors (Lipinski definition) is 1. The highest BCUT2D eigenvalue weighted by Gasteiger charge is 2.30. The summed E-state index contributed by atoms with van der Waals surface area (Å²) in [5.74, 6) is 0.276. The summed E-state index contributed by atoms with van der Waals surface area (Å²) in [5, 5.41) is 3.77. The maximum Gasteiger partial charge on any atom is 0.261 e. The number of benzene rings is 2. The number of nitrogens with zero attached hydrogens (tertiary/aromatic N) is 1. The Morgan fingerprint density at radius 1 is 1.13 bits per heavy atom. The highest BCUT2D eigenvalue weighted by atomic mass is 79.9. The van der Waals surface area contributed by atoms with E-state index < -0.39 is 6.04 Å². The third-order valence-electron chi connectivity index (χ3n) is 5.53. The highest BCUT2D eigenvalue weighted by molar-refractivity contribution is 9.10. The molecule has 31 heavy (non-hydrogen) atoms. The molecule has 0 radical (unpaired) electrons. The van der Waals surface area contributed by atoms with Gasteiger partial charge >= 0.3 is 0 Å². The molecule has 0 saturated heterocycles. The normalized spacial score (nSPS) is 14.8. The lowest BCUT2D eigenvalue weighted by Crippen LogP contribution is -2.52. The fourth-order valence-corrected chi connectivity index (χ4v) is 4.22. The molecule has 1 aliphatic carbocycles. The zero-order valence-corrected chi connectivity index (χ0v) is 20.0. The first-order valence-electron chi connectivity index (χ1n) is 10.7. The number of ether oxygens (including phenoxy) is 1. The van der Waals surface area contributed by atoms with E-state index in [1.807, 2.05) is 31.2 Å². The molecule has 1 aliphatic rings. The van der Waals surface area contributed by atoms with Crippen LogP contribution in [0.5, 0.6) is 5.75 Å². The van der Waals surface area contributed by atoms with Gasteiger partial charge in [0, 0.05) is 22.1 Å². The minimum Gasteiger partial charge on any atom is -0.484 e. The van der Waals surface area contributed by atoms with E-state index in [-0.39, 0.29) is 24.5 Å². The summed E-state index contributed by atoms with van der Waals surface area (Å²) >= 11 is 9.39. The van der Waals surface area contributed by atoms with Crippen LogP contribution in [0.1, 0.15) is 44.6 Å². The van der Waals surface area contributed by atoms with Gasteiger partial charge in [0.1, 0.15) is 11.8 Å². The van der Waals surface area contributed by atoms with Crippen LogP contribution in [0.25, 0.3) is 0 Å². The molecule has 1 N–H and O–H groups in total. The molecule has 166 valence electrons. The molecular weight excluding hydrogens is 480 g/mol. The van der Waals surface area contributed by atoms with Crippen LogP contribution in [-0.2, 0) is 16.1 Å². The van der Waals surface area contributed by atoms with Gasteiger partial charge in [0.25, 0.3) is 5.91 Å². The SMILES string of the molecule is CCC(C(=O)NC1CCCC1)N(Cc1ccc(Cl)cc1)C(=O)COc1ccc(Br)cc1. The second-order valence-electron chi connectivity index (χ2n) is 7.80. The number of rotatable bonds is 9. The van der Waals surface area contributed by atoms with Gasteiger partial charge in [-0.25, -0.2) is 0 Å². The van der Waals surface area contributed by atoms with Gasteiger partial charge < -0.3 is 15.0 Å². The Balaban J connectivity index is 1.74. The summed E-state index contributed by atoms with van der Waals surface area (Å²) in [6, 6.07) is 14.3. The van der Waals surface area contributed by atoms with E-state index in [1.165, 1.54) is 0 Å².